The fourth-order valence-electron chi connectivity index (χ4n) is 2.94. The van der Waals surface area contributed by atoms with E-state index in [1.54, 1.807) is 30.3 Å². The highest BCUT2D eigenvalue weighted by Gasteiger charge is 2.25. The number of rotatable bonds is 3. The van der Waals surface area contributed by atoms with Crippen molar-refractivity contribution in [3.8, 4) is 17.1 Å². The average Bonchev–Trinajstić information content (AvgIpc) is 3.33. The Bertz CT molecular complexity index is 1230. The molecule has 3 aromatic rings. The molecule has 1 aromatic heterocycles. The SMILES string of the molecule is N/N=C(\N)NC(=O)c1cc(-c2ccc(/C=C3\Sc4ccccc4C3=O)o2)ccc1O. The fourth-order valence-corrected chi connectivity index (χ4v) is 3.97. The predicted molar refractivity (Wildman–Crippen MR) is 114 cm³/mol. The number of amides is 1. The van der Waals surface area contributed by atoms with E-state index >= 15 is 0 Å². The molecule has 150 valence electrons. The van der Waals surface area contributed by atoms with Crippen molar-refractivity contribution in [1.29, 1.82) is 0 Å². The number of Topliss-reactive ketones (excluding diaryl/α,β-unsaturated/α-hetero) is 1. The number of hydrogen-bond acceptors (Lipinski definition) is 7. The Balaban J connectivity index is 1.60. The summed E-state index contributed by atoms with van der Waals surface area (Å²) in [6, 6.07) is 15.3. The average molecular weight is 420 g/mol. The Morgan fingerprint density at radius 3 is 2.73 bits per heavy atom. The van der Waals surface area contributed by atoms with Crippen LogP contribution in [0.15, 0.2) is 73.9 Å². The molecule has 1 aliphatic rings. The number of phenolic OH excluding ortho intramolecular Hbond substituents is 1. The molecule has 0 atom stereocenters. The molecular formula is C21H16N4O4S. The van der Waals surface area contributed by atoms with Gasteiger partial charge in [0.2, 0.25) is 11.7 Å². The third-order valence-corrected chi connectivity index (χ3v) is 5.48. The molecule has 4 rings (SSSR count). The summed E-state index contributed by atoms with van der Waals surface area (Å²) in [6.45, 7) is 0. The molecule has 2 heterocycles. The zero-order valence-electron chi connectivity index (χ0n) is 15.5. The van der Waals surface area contributed by atoms with Crippen LogP contribution in [0.3, 0.4) is 0 Å². The number of nitrogens with one attached hydrogen (secondary N) is 1. The van der Waals surface area contributed by atoms with Gasteiger partial charge < -0.3 is 21.1 Å². The number of furan rings is 1. The number of hydrazone groups is 1. The van der Waals surface area contributed by atoms with Gasteiger partial charge in [-0.05, 0) is 48.5 Å². The maximum Gasteiger partial charge on any atom is 0.261 e. The van der Waals surface area contributed by atoms with Gasteiger partial charge in [-0.3, -0.25) is 14.9 Å². The van der Waals surface area contributed by atoms with Gasteiger partial charge >= 0.3 is 0 Å². The second kappa shape index (κ2) is 7.80. The standard InChI is InChI=1S/C21H16N4O4S/c22-21(25-23)24-20(28)14-9-11(5-7-15(14)26)16-8-6-12(29-16)10-18-19(27)13-3-1-2-4-17(13)30-18/h1-10,26H,23H2,(H3,22,24,25,28)/b18-10-. The van der Waals surface area contributed by atoms with Crippen molar-refractivity contribution in [2.45, 2.75) is 4.90 Å². The topological polar surface area (TPSA) is 144 Å². The monoisotopic (exact) mass is 420 g/mol. The first kappa shape index (κ1) is 19.3. The first-order chi connectivity index (χ1) is 14.5. The van der Waals surface area contributed by atoms with Crippen LogP contribution in [0.25, 0.3) is 17.4 Å². The fraction of sp³-hybridized carbons (Fsp3) is 0. The molecule has 0 aliphatic carbocycles. The lowest BCUT2D eigenvalue weighted by atomic mass is 10.1. The number of ketones is 1. The molecular weight excluding hydrogens is 404 g/mol. The number of allylic oxidation sites excluding steroid dienone is 1. The van der Waals surface area contributed by atoms with Crippen molar-refractivity contribution in [2.75, 3.05) is 0 Å². The molecule has 0 spiro atoms. The highest BCUT2D eigenvalue weighted by atomic mass is 32.2. The van der Waals surface area contributed by atoms with E-state index in [4.69, 9.17) is 16.0 Å². The van der Waals surface area contributed by atoms with Gasteiger partial charge in [0.15, 0.2) is 0 Å². The molecule has 2 aromatic carbocycles. The zero-order valence-corrected chi connectivity index (χ0v) is 16.3. The number of nitrogens with zero attached hydrogens (tertiary/aromatic N) is 1. The van der Waals surface area contributed by atoms with Crippen LogP contribution in [0.4, 0.5) is 0 Å². The molecule has 6 N–H and O–H groups in total. The molecule has 1 aliphatic heterocycles. The second-order valence-electron chi connectivity index (χ2n) is 6.34. The van der Waals surface area contributed by atoms with E-state index in [2.05, 4.69) is 10.4 Å². The van der Waals surface area contributed by atoms with Crippen LogP contribution in [0.2, 0.25) is 0 Å². The minimum atomic E-state index is -0.666. The number of carbonyl (C=O) groups excluding carboxylic acids is 2. The molecule has 30 heavy (non-hydrogen) atoms. The van der Waals surface area contributed by atoms with Gasteiger partial charge in [0.05, 0.1) is 10.5 Å². The molecule has 0 saturated carbocycles. The third kappa shape index (κ3) is 3.65. The minimum Gasteiger partial charge on any atom is -0.507 e. The molecule has 1 amide bonds. The van der Waals surface area contributed by atoms with E-state index in [9.17, 15) is 14.7 Å². The van der Waals surface area contributed by atoms with Gasteiger partial charge in [0.1, 0.15) is 17.3 Å². The zero-order chi connectivity index (χ0) is 21.3. The number of carbonyl (C=O) groups is 2. The maximum atomic E-state index is 12.5. The molecule has 0 unspecified atom stereocenters. The van der Waals surface area contributed by atoms with Crippen LogP contribution >= 0.6 is 11.8 Å². The number of aromatic hydroxyl groups is 1. The van der Waals surface area contributed by atoms with Crippen LogP contribution in [0.5, 0.6) is 5.75 Å². The highest BCUT2D eigenvalue weighted by molar-refractivity contribution is 8.04. The predicted octanol–water partition coefficient (Wildman–Crippen LogP) is 2.90. The summed E-state index contributed by atoms with van der Waals surface area (Å²) in [5.74, 6) is 4.73. The summed E-state index contributed by atoms with van der Waals surface area (Å²) in [5.41, 5.74) is 6.60. The lowest BCUT2D eigenvalue weighted by Gasteiger charge is -2.07. The van der Waals surface area contributed by atoms with Crippen molar-refractivity contribution >= 4 is 35.5 Å². The Morgan fingerprint density at radius 2 is 1.97 bits per heavy atom. The molecule has 0 bridgehead atoms. The van der Waals surface area contributed by atoms with Crippen molar-refractivity contribution < 1.29 is 19.1 Å². The van der Waals surface area contributed by atoms with Crippen LogP contribution < -0.4 is 16.9 Å². The number of thioether (sulfide) groups is 1. The number of nitrogens with two attached hydrogens (primary N) is 2. The second-order valence-corrected chi connectivity index (χ2v) is 7.42. The molecule has 0 saturated heterocycles. The highest BCUT2D eigenvalue weighted by Crippen LogP contribution is 2.41. The van der Waals surface area contributed by atoms with Crippen LogP contribution in [-0.2, 0) is 0 Å². The number of benzene rings is 2. The Hall–Kier alpha value is -3.98. The van der Waals surface area contributed by atoms with E-state index in [1.165, 1.54) is 23.9 Å². The smallest absolute Gasteiger partial charge is 0.261 e. The first-order valence-electron chi connectivity index (χ1n) is 8.77. The number of hydrogen-bond donors (Lipinski definition) is 4. The van der Waals surface area contributed by atoms with Gasteiger partial charge in [-0.15, -0.1) is 5.10 Å². The van der Waals surface area contributed by atoms with Gasteiger partial charge in [-0.25, -0.2) is 0 Å². The number of guanidine groups is 1. The van der Waals surface area contributed by atoms with Crippen LogP contribution in [0.1, 0.15) is 26.5 Å². The Labute approximate surface area is 175 Å². The van der Waals surface area contributed by atoms with Crippen molar-refractivity contribution in [3.63, 3.8) is 0 Å². The van der Waals surface area contributed by atoms with E-state index in [-0.39, 0.29) is 23.1 Å². The van der Waals surface area contributed by atoms with Crippen LogP contribution in [-0.4, -0.2) is 22.8 Å². The summed E-state index contributed by atoms with van der Waals surface area (Å²) in [4.78, 5) is 26.2. The molecule has 8 nitrogen and oxygen atoms in total. The van der Waals surface area contributed by atoms with Gasteiger partial charge in [-0.2, -0.15) is 0 Å². The van der Waals surface area contributed by atoms with E-state index in [0.717, 1.165) is 4.90 Å². The quantitative estimate of drug-likeness (QED) is 0.168. The van der Waals surface area contributed by atoms with E-state index in [1.807, 2.05) is 18.2 Å². The maximum absolute atomic E-state index is 12.5. The van der Waals surface area contributed by atoms with Gasteiger partial charge in [0.25, 0.3) is 5.91 Å². The van der Waals surface area contributed by atoms with E-state index < -0.39 is 5.91 Å². The minimum absolute atomic E-state index is 0.0209. The van der Waals surface area contributed by atoms with Crippen molar-refractivity contribution in [3.05, 3.63) is 76.4 Å². The van der Waals surface area contributed by atoms with Crippen molar-refractivity contribution in [2.24, 2.45) is 16.7 Å². The summed E-state index contributed by atoms with van der Waals surface area (Å²) < 4.78 is 5.83. The Kier molecular flexibility index (Phi) is 5.03. The summed E-state index contributed by atoms with van der Waals surface area (Å²) in [5, 5.41) is 15.4. The molecule has 0 fully saturated rings. The van der Waals surface area contributed by atoms with Gasteiger partial charge in [0, 0.05) is 16.0 Å². The van der Waals surface area contributed by atoms with E-state index in [0.29, 0.717) is 27.6 Å². The van der Waals surface area contributed by atoms with Crippen molar-refractivity contribution in [1.82, 2.24) is 5.32 Å². The largest absolute Gasteiger partial charge is 0.507 e. The number of fused-ring (bicyclic) bond motifs is 1. The molecule has 0 radical (unpaired) electrons. The lowest BCUT2D eigenvalue weighted by molar-refractivity contribution is 0.0973. The summed E-state index contributed by atoms with van der Waals surface area (Å²) in [7, 11) is 0. The number of phenols is 1. The van der Waals surface area contributed by atoms with Gasteiger partial charge in [-0.1, -0.05) is 23.9 Å². The Morgan fingerprint density at radius 1 is 1.17 bits per heavy atom. The summed E-state index contributed by atoms with van der Waals surface area (Å²) >= 11 is 1.39. The molecule has 9 heteroatoms. The van der Waals surface area contributed by atoms with Crippen LogP contribution in [0, 0.1) is 0 Å². The lowest BCUT2D eigenvalue weighted by Crippen LogP contribution is -2.37. The summed E-state index contributed by atoms with van der Waals surface area (Å²) in [6.07, 6.45) is 1.68. The first-order valence-corrected chi connectivity index (χ1v) is 9.59. The third-order valence-electron chi connectivity index (χ3n) is 4.38. The normalized spacial score (nSPS) is 14.7.